The second-order valence-electron chi connectivity index (χ2n) is 7.37. The minimum absolute atomic E-state index is 0.00763. The summed E-state index contributed by atoms with van der Waals surface area (Å²) in [6, 6.07) is 6.46. The molecular formula is C21H18N2O7. The van der Waals surface area contributed by atoms with E-state index < -0.39 is 22.3 Å². The van der Waals surface area contributed by atoms with Gasteiger partial charge in [0.05, 0.1) is 12.0 Å². The number of hydrogen-bond acceptors (Lipinski definition) is 8. The standard InChI is InChI=1S/C21H18N2O7/c1-28-18-6-10(5-14(21(18)25)23(26)27)19-11-7-16-17(30-9-29-16)8-13(11)22-12-3-2-4-15(24)20(12)19/h5-8,19,22,25H,2-4,9H2,1H3. The summed E-state index contributed by atoms with van der Waals surface area (Å²) >= 11 is 0. The lowest BCUT2D eigenvalue weighted by Gasteiger charge is -2.34. The van der Waals surface area contributed by atoms with E-state index in [4.69, 9.17) is 14.2 Å². The fourth-order valence-corrected chi connectivity index (χ4v) is 4.37. The minimum Gasteiger partial charge on any atom is -0.500 e. The first-order chi connectivity index (χ1) is 14.5. The molecule has 0 saturated heterocycles. The Morgan fingerprint density at radius 3 is 2.70 bits per heavy atom. The number of allylic oxidation sites excluding steroid dienone is 2. The molecule has 2 N–H and O–H groups in total. The normalized spacial score (nSPS) is 19.1. The van der Waals surface area contributed by atoms with Crippen LogP contribution in [0.3, 0.4) is 0 Å². The summed E-state index contributed by atoms with van der Waals surface area (Å²) in [6.07, 6.45) is 1.84. The van der Waals surface area contributed by atoms with Crippen LogP contribution in [-0.2, 0) is 4.79 Å². The van der Waals surface area contributed by atoms with Crippen molar-refractivity contribution in [2.75, 3.05) is 19.2 Å². The zero-order chi connectivity index (χ0) is 21.0. The summed E-state index contributed by atoms with van der Waals surface area (Å²) in [6.45, 7) is 0.105. The molecule has 0 spiro atoms. The van der Waals surface area contributed by atoms with Crippen LogP contribution in [0.4, 0.5) is 11.4 Å². The number of methoxy groups -OCH3 is 1. The molecule has 2 aliphatic heterocycles. The van der Waals surface area contributed by atoms with Gasteiger partial charge in [-0.2, -0.15) is 0 Å². The van der Waals surface area contributed by atoms with Crippen LogP contribution in [0.25, 0.3) is 0 Å². The van der Waals surface area contributed by atoms with Gasteiger partial charge in [-0.15, -0.1) is 0 Å². The van der Waals surface area contributed by atoms with Gasteiger partial charge in [-0.25, -0.2) is 0 Å². The minimum atomic E-state index is -0.666. The maximum Gasteiger partial charge on any atom is 0.314 e. The van der Waals surface area contributed by atoms with Crippen LogP contribution in [-0.4, -0.2) is 29.7 Å². The summed E-state index contributed by atoms with van der Waals surface area (Å²) in [5, 5.41) is 25.1. The topological polar surface area (TPSA) is 120 Å². The first kappa shape index (κ1) is 18.3. The Kier molecular flexibility index (Phi) is 4.05. The molecule has 0 bridgehead atoms. The van der Waals surface area contributed by atoms with Crippen LogP contribution >= 0.6 is 0 Å². The van der Waals surface area contributed by atoms with Crippen LogP contribution in [0, 0.1) is 10.1 Å². The van der Waals surface area contributed by atoms with Gasteiger partial charge in [0.25, 0.3) is 0 Å². The molecule has 1 aliphatic carbocycles. The fraction of sp³-hybridized carbons (Fsp3) is 0.286. The summed E-state index contributed by atoms with van der Waals surface area (Å²) < 4.78 is 16.2. The molecule has 154 valence electrons. The molecule has 0 amide bonds. The van der Waals surface area contributed by atoms with Gasteiger partial charge in [-0.3, -0.25) is 14.9 Å². The van der Waals surface area contributed by atoms with Gasteiger partial charge in [0.1, 0.15) is 0 Å². The number of nitro benzene ring substituents is 1. The van der Waals surface area contributed by atoms with E-state index in [1.165, 1.54) is 13.2 Å². The third-order valence-corrected chi connectivity index (χ3v) is 5.71. The first-order valence-corrected chi connectivity index (χ1v) is 9.50. The maximum absolute atomic E-state index is 12.9. The number of nitrogens with zero attached hydrogens (tertiary/aromatic N) is 1. The molecule has 5 rings (SSSR count). The Bertz CT molecular complexity index is 1140. The van der Waals surface area contributed by atoms with Gasteiger partial charge in [0, 0.05) is 41.4 Å². The average Bonchev–Trinajstić information content (AvgIpc) is 3.18. The molecule has 0 saturated carbocycles. The number of ether oxygens (including phenoxy) is 3. The van der Waals surface area contributed by atoms with E-state index >= 15 is 0 Å². The second-order valence-corrected chi connectivity index (χ2v) is 7.37. The lowest BCUT2D eigenvalue weighted by molar-refractivity contribution is -0.386. The predicted octanol–water partition coefficient (Wildman–Crippen LogP) is 3.60. The van der Waals surface area contributed by atoms with Gasteiger partial charge in [0.15, 0.2) is 23.0 Å². The second kappa shape index (κ2) is 6.65. The Morgan fingerprint density at radius 1 is 1.20 bits per heavy atom. The number of Topliss-reactive ketones (excluding diaryl/α,β-unsaturated/α-hetero) is 1. The molecule has 1 atom stereocenters. The third kappa shape index (κ3) is 2.66. The number of benzene rings is 2. The van der Waals surface area contributed by atoms with Crippen LogP contribution in [0.2, 0.25) is 0 Å². The quantitative estimate of drug-likeness (QED) is 0.582. The van der Waals surface area contributed by atoms with Crippen molar-refractivity contribution in [2.24, 2.45) is 0 Å². The summed E-state index contributed by atoms with van der Waals surface area (Å²) in [4.78, 5) is 23.8. The number of carbonyl (C=O) groups excluding carboxylic acids is 1. The molecular weight excluding hydrogens is 392 g/mol. The molecule has 2 aromatic carbocycles. The number of hydrogen-bond donors (Lipinski definition) is 2. The highest BCUT2D eigenvalue weighted by atomic mass is 16.7. The largest absolute Gasteiger partial charge is 0.500 e. The molecule has 0 aromatic heterocycles. The van der Waals surface area contributed by atoms with E-state index in [1.54, 1.807) is 12.1 Å². The van der Waals surface area contributed by atoms with Crippen LogP contribution in [0.5, 0.6) is 23.0 Å². The van der Waals surface area contributed by atoms with Crippen LogP contribution in [0.15, 0.2) is 35.5 Å². The maximum atomic E-state index is 12.9. The van der Waals surface area contributed by atoms with Gasteiger partial charge in [0.2, 0.25) is 12.5 Å². The number of rotatable bonds is 3. The fourth-order valence-electron chi connectivity index (χ4n) is 4.37. The Morgan fingerprint density at radius 2 is 1.97 bits per heavy atom. The number of phenolic OH excluding ortho intramolecular Hbond substituents is 1. The van der Waals surface area contributed by atoms with Crippen LogP contribution < -0.4 is 19.5 Å². The zero-order valence-corrected chi connectivity index (χ0v) is 16.1. The first-order valence-electron chi connectivity index (χ1n) is 9.50. The number of ketones is 1. The smallest absolute Gasteiger partial charge is 0.314 e. The molecule has 2 aromatic rings. The number of nitrogens with one attached hydrogen (secondary N) is 1. The number of fused-ring (bicyclic) bond motifs is 2. The number of carbonyl (C=O) groups is 1. The Labute approximate surface area is 171 Å². The van der Waals surface area contributed by atoms with Crippen molar-refractivity contribution < 1.29 is 29.0 Å². The van der Waals surface area contributed by atoms with Crippen molar-refractivity contribution in [1.82, 2.24) is 0 Å². The molecule has 2 heterocycles. The van der Waals surface area contributed by atoms with Crippen molar-refractivity contribution in [2.45, 2.75) is 25.2 Å². The van der Waals surface area contributed by atoms with Crippen molar-refractivity contribution in [3.8, 4) is 23.0 Å². The lowest BCUT2D eigenvalue weighted by Crippen LogP contribution is -2.27. The van der Waals surface area contributed by atoms with Crippen molar-refractivity contribution in [3.63, 3.8) is 0 Å². The highest BCUT2D eigenvalue weighted by Gasteiger charge is 2.38. The average molecular weight is 410 g/mol. The Hall–Kier alpha value is -3.75. The molecule has 9 nitrogen and oxygen atoms in total. The van der Waals surface area contributed by atoms with Gasteiger partial charge in [-0.1, -0.05) is 0 Å². The summed E-state index contributed by atoms with van der Waals surface area (Å²) in [5.41, 5.74) is 2.89. The van der Waals surface area contributed by atoms with Gasteiger partial charge < -0.3 is 24.6 Å². The summed E-state index contributed by atoms with van der Waals surface area (Å²) in [7, 11) is 1.33. The monoisotopic (exact) mass is 410 g/mol. The number of aromatic hydroxyl groups is 1. The van der Waals surface area contributed by atoms with E-state index in [9.17, 15) is 20.0 Å². The molecule has 0 radical (unpaired) electrons. The van der Waals surface area contributed by atoms with Crippen molar-refractivity contribution in [1.29, 1.82) is 0 Å². The van der Waals surface area contributed by atoms with E-state index in [1.807, 2.05) is 6.07 Å². The SMILES string of the molecule is COc1cc(C2C3=C(CCCC3=O)Nc3cc4c(cc32)OCO4)cc([N+](=O)[O-])c1O. The molecule has 3 aliphatic rings. The zero-order valence-electron chi connectivity index (χ0n) is 16.1. The third-order valence-electron chi connectivity index (χ3n) is 5.71. The van der Waals surface area contributed by atoms with E-state index in [0.29, 0.717) is 35.5 Å². The van der Waals surface area contributed by atoms with E-state index in [2.05, 4.69) is 5.32 Å². The summed E-state index contributed by atoms with van der Waals surface area (Å²) in [5.74, 6) is 0.00719. The van der Waals surface area contributed by atoms with Gasteiger partial charge >= 0.3 is 5.69 Å². The molecule has 1 unspecified atom stereocenters. The number of anilines is 1. The Balaban J connectivity index is 1.77. The number of nitro groups is 1. The molecule has 0 fully saturated rings. The molecule has 9 heteroatoms. The van der Waals surface area contributed by atoms with Crippen LogP contribution in [0.1, 0.15) is 36.3 Å². The number of phenols is 1. The predicted molar refractivity (Wildman–Crippen MR) is 105 cm³/mol. The van der Waals surface area contributed by atoms with Crippen molar-refractivity contribution in [3.05, 3.63) is 56.8 Å². The van der Waals surface area contributed by atoms with E-state index in [0.717, 1.165) is 23.4 Å². The highest BCUT2D eigenvalue weighted by Crippen LogP contribution is 2.51. The van der Waals surface area contributed by atoms with Crippen molar-refractivity contribution >= 4 is 17.2 Å². The van der Waals surface area contributed by atoms with E-state index in [-0.39, 0.29) is 18.3 Å². The highest BCUT2D eigenvalue weighted by molar-refractivity contribution is 6.01. The van der Waals surface area contributed by atoms with Gasteiger partial charge in [-0.05, 0) is 36.1 Å². The lowest BCUT2D eigenvalue weighted by atomic mass is 9.75. The molecule has 30 heavy (non-hydrogen) atoms.